The van der Waals surface area contributed by atoms with Gasteiger partial charge in [-0.15, -0.1) is 0 Å². The Hall–Kier alpha value is -1.72. The van der Waals surface area contributed by atoms with Gasteiger partial charge >= 0.3 is 10.1 Å². The van der Waals surface area contributed by atoms with E-state index in [2.05, 4.69) is 24.7 Å². The Kier molecular flexibility index (Phi) is 5.99. The fraction of sp³-hybridized carbons (Fsp3) is 0. The fourth-order valence-corrected chi connectivity index (χ4v) is 1.42. The van der Waals surface area contributed by atoms with E-state index in [1.54, 1.807) is 18.2 Å². The Balaban J connectivity index is 0.000000487. The largest absolute Gasteiger partial charge is 0.312 e. The quantitative estimate of drug-likeness (QED) is 0.649. The van der Waals surface area contributed by atoms with Crippen LogP contribution in [0.25, 0.3) is 6.08 Å². The van der Waals surface area contributed by atoms with Crippen LogP contribution in [0.2, 0.25) is 0 Å². The Morgan fingerprint density at radius 2 is 1.81 bits per heavy atom. The molecule has 0 fully saturated rings. The first-order valence-electron chi connectivity index (χ1n) is 4.25. The van der Waals surface area contributed by atoms with E-state index < -0.39 is 10.1 Å². The van der Waals surface area contributed by atoms with Crippen LogP contribution in [-0.2, 0) is 10.1 Å². The first kappa shape index (κ1) is 14.3. The zero-order chi connectivity index (χ0) is 12.6. The van der Waals surface area contributed by atoms with Gasteiger partial charge in [-0.2, -0.15) is 8.42 Å². The predicted octanol–water partition coefficient (Wildman–Crippen LogP) is 2.33. The van der Waals surface area contributed by atoms with Gasteiger partial charge in [-0.25, -0.2) is 4.98 Å². The molecule has 1 aromatic heterocycles. The van der Waals surface area contributed by atoms with E-state index in [1.807, 2.05) is 0 Å². The van der Waals surface area contributed by atoms with E-state index in [1.165, 1.54) is 18.3 Å². The SMILES string of the molecule is C=CC=C.C=Cc1cccnc1S(=O)(=O)O. The molecule has 0 aliphatic rings. The summed E-state index contributed by atoms with van der Waals surface area (Å²) >= 11 is 0. The van der Waals surface area contributed by atoms with E-state index in [0.717, 1.165) is 0 Å². The van der Waals surface area contributed by atoms with Crippen molar-refractivity contribution in [2.24, 2.45) is 0 Å². The molecule has 16 heavy (non-hydrogen) atoms. The minimum atomic E-state index is -4.23. The lowest BCUT2D eigenvalue weighted by atomic mass is 10.3. The van der Waals surface area contributed by atoms with Gasteiger partial charge in [-0.1, -0.05) is 44.0 Å². The van der Waals surface area contributed by atoms with E-state index in [9.17, 15) is 8.42 Å². The van der Waals surface area contributed by atoms with Gasteiger partial charge in [0.05, 0.1) is 0 Å². The van der Waals surface area contributed by atoms with E-state index in [0.29, 0.717) is 5.56 Å². The van der Waals surface area contributed by atoms with Crippen LogP contribution < -0.4 is 0 Å². The molecule has 1 rings (SSSR count). The lowest BCUT2D eigenvalue weighted by Gasteiger charge is -1.98. The molecule has 1 heterocycles. The Bertz CT molecular complexity index is 472. The summed E-state index contributed by atoms with van der Waals surface area (Å²) in [7, 11) is -4.23. The number of pyridine rings is 1. The monoisotopic (exact) mass is 239 g/mol. The van der Waals surface area contributed by atoms with Gasteiger partial charge in [0, 0.05) is 11.8 Å². The van der Waals surface area contributed by atoms with Crippen molar-refractivity contribution in [2.45, 2.75) is 5.03 Å². The minimum Gasteiger partial charge on any atom is -0.281 e. The molecule has 0 amide bonds. The van der Waals surface area contributed by atoms with Crippen LogP contribution in [0.4, 0.5) is 0 Å². The molecule has 0 saturated carbocycles. The maximum atomic E-state index is 10.7. The van der Waals surface area contributed by atoms with Crippen molar-refractivity contribution in [2.75, 3.05) is 0 Å². The molecule has 0 radical (unpaired) electrons. The third-order valence-electron chi connectivity index (χ3n) is 1.43. The molecule has 1 aromatic rings. The van der Waals surface area contributed by atoms with Crippen LogP contribution in [0.15, 0.2) is 55.2 Å². The van der Waals surface area contributed by atoms with Gasteiger partial charge in [0.1, 0.15) is 0 Å². The summed E-state index contributed by atoms with van der Waals surface area (Å²) < 4.78 is 30.0. The van der Waals surface area contributed by atoms with Crippen molar-refractivity contribution in [3.05, 3.63) is 55.8 Å². The second-order valence-corrected chi connectivity index (χ2v) is 3.89. The lowest BCUT2D eigenvalue weighted by molar-refractivity contribution is 0.479. The number of hydrogen-bond donors (Lipinski definition) is 1. The predicted molar refractivity (Wildman–Crippen MR) is 64.5 cm³/mol. The maximum Gasteiger partial charge on any atom is 0.312 e. The first-order valence-corrected chi connectivity index (χ1v) is 5.69. The second-order valence-electron chi connectivity index (χ2n) is 2.55. The van der Waals surface area contributed by atoms with Crippen molar-refractivity contribution in [1.82, 2.24) is 4.98 Å². The van der Waals surface area contributed by atoms with Crippen molar-refractivity contribution < 1.29 is 13.0 Å². The molecular weight excluding hydrogens is 226 g/mol. The van der Waals surface area contributed by atoms with Crippen LogP contribution in [-0.4, -0.2) is 18.0 Å². The standard InChI is InChI=1S/C7H7NO3S.C4H6/c1-2-6-4-3-5-8-7(6)12(9,10)11;1-3-4-2/h2-5H,1H2,(H,9,10,11);3-4H,1-2H2. The number of aromatic nitrogens is 1. The summed E-state index contributed by atoms with van der Waals surface area (Å²) in [5, 5.41) is -0.361. The maximum absolute atomic E-state index is 10.7. The molecule has 0 spiro atoms. The minimum absolute atomic E-state index is 0.292. The topological polar surface area (TPSA) is 67.3 Å². The molecule has 0 aliphatic carbocycles. The average Bonchev–Trinajstić information content (AvgIpc) is 2.28. The number of hydrogen-bond acceptors (Lipinski definition) is 3. The summed E-state index contributed by atoms with van der Waals surface area (Å²) in [5.41, 5.74) is 0.292. The normalized spacial score (nSPS) is 9.56. The van der Waals surface area contributed by atoms with Crippen molar-refractivity contribution in [1.29, 1.82) is 0 Å². The van der Waals surface area contributed by atoms with Crippen LogP contribution >= 0.6 is 0 Å². The lowest BCUT2D eigenvalue weighted by Crippen LogP contribution is -2.03. The molecule has 0 aliphatic heterocycles. The van der Waals surface area contributed by atoms with Crippen LogP contribution in [0.3, 0.4) is 0 Å². The van der Waals surface area contributed by atoms with Gasteiger partial charge in [0.15, 0.2) is 5.03 Å². The summed E-state index contributed by atoms with van der Waals surface area (Å²) in [6.07, 6.45) is 5.88. The number of rotatable bonds is 3. The summed E-state index contributed by atoms with van der Waals surface area (Å²) in [5.74, 6) is 0. The second kappa shape index (κ2) is 6.71. The molecule has 0 saturated heterocycles. The molecule has 0 unspecified atom stereocenters. The molecule has 0 aromatic carbocycles. The van der Waals surface area contributed by atoms with Crippen molar-refractivity contribution >= 4 is 16.2 Å². The highest BCUT2D eigenvalue weighted by atomic mass is 32.2. The molecule has 86 valence electrons. The molecule has 0 bridgehead atoms. The van der Waals surface area contributed by atoms with Gasteiger partial charge in [-0.05, 0) is 6.07 Å². The van der Waals surface area contributed by atoms with Crippen molar-refractivity contribution in [3.63, 3.8) is 0 Å². The van der Waals surface area contributed by atoms with Gasteiger partial charge in [-0.3, -0.25) is 4.55 Å². The smallest absolute Gasteiger partial charge is 0.281 e. The van der Waals surface area contributed by atoms with Gasteiger partial charge < -0.3 is 0 Å². The highest BCUT2D eigenvalue weighted by Gasteiger charge is 2.13. The van der Waals surface area contributed by atoms with E-state index >= 15 is 0 Å². The highest BCUT2D eigenvalue weighted by molar-refractivity contribution is 7.85. The first-order chi connectivity index (χ1) is 7.47. The average molecular weight is 239 g/mol. The third kappa shape index (κ3) is 4.68. The zero-order valence-electron chi connectivity index (χ0n) is 8.70. The van der Waals surface area contributed by atoms with E-state index in [-0.39, 0.29) is 5.03 Å². The van der Waals surface area contributed by atoms with Crippen LogP contribution in [0.1, 0.15) is 5.56 Å². The highest BCUT2D eigenvalue weighted by Crippen LogP contribution is 2.11. The molecule has 4 nitrogen and oxygen atoms in total. The summed E-state index contributed by atoms with van der Waals surface area (Å²) in [4.78, 5) is 3.51. The summed E-state index contributed by atoms with van der Waals surface area (Å²) in [6, 6.07) is 3.06. The van der Waals surface area contributed by atoms with Gasteiger partial charge in [0.25, 0.3) is 0 Å². The molecule has 1 N–H and O–H groups in total. The molecular formula is C11H13NO3S. The zero-order valence-corrected chi connectivity index (χ0v) is 9.52. The van der Waals surface area contributed by atoms with Crippen LogP contribution in [0, 0.1) is 0 Å². The fourth-order valence-electron chi connectivity index (χ4n) is 0.774. The van der Waals surface area contributed by atoms with Gasteiger partial charge in [0.2, 0.25) is 0 Å². The third-order valence-corrected chi connectivity index (χ3v) is 2.26. The Morgan fingerprint density at radius 3 is 2.12 bits per heavy atom. The molecule has 0 atom stereocenters. The number of nitrogens with zero attached hydrogens (tertiary/aromatic N) is 1. The summed E-state index contributed by atoms with van der Waals surface area (Å²) in [6.45, 7) is 10.1. The van der Waals surface area contributed by atoms with E-state index in [4.69, 9.17) is 4.55 Å². The Labute approximate surface area is 95.4 Å². The number of allylic oxidation sites excluding steroid dienone is 2. The van der Waals surface area contributed by atoms with Crippen molar-refractivity contribution in [3.8, 4) is 0 Å². The Morgan fingerprint density at radius 1 is 1.25 bits per heavy atom. The molecule has 5 heteroatoms. The van der Waals surface area contributed by atoms with Crippen LogP contribution in [0.5, 0.6) is 0 Å².